The minimum absolute atomic E-state index is 0.00139. The van der Waals surface area contributed by atoms with Gasteiger partial charge in [-0.25, -0.2) is 0 Å². The molecular weight excluding hydrogens is 166 g/mol. The van der Waals surface area contributed by atoms with Gasteiger partial charge in [0, 0.05) is 26.1 Å². The highest BCUT2D eigenvalue weighted by Gasteiger charge is 2.17. The first-order chi connectivity index (χ1) is 6.11. The Morgan fingerprint density at radius 2 is 2.23 bits per heavy atom. The Bertz CT molecular complexity index is 254. The van der Waals surface area contributed by atoms with Gasteiger partial charge < -0.3 is 4.90 Å². The number of ketones is 1. The molecule has 13 heavy (non-hydrogen) atoms. The molecule has 0 aromatic carbocycles. The molecule has 0 saturated heterocycles. The van der Waals surface area contributed by atoms with Gasteiger partial charge in [-0.05, 0) is 12.8 Å². The summed E-state index contributed by atoms with van der Waals surface area (Å²) >= 11 is 0. The molecule has 0 saturated carbocycles. The molecule has 0 fully saturated rings. The summed E-state index contributed by atoms with van der Waals surface area (Å²) in [6.07, 6.45) is 4.63. The second kappa shape index (κ2) is 4.21. The molecule has 0 heterocycles. The average molecular weight is 181 g/mol. The molecule has 0 radical (unpaired) electrons. The molecule has 72 valence electrons. The van der Waals surface area contributed by atoms with Crippen LogP contribution in [0.2, 0.25) is 0 Å². The van der Waals surface area contributed by atoms with E-state index in [0.29, 0.717) is 12.0 Å². The molecule has 0 spiro atoms. The summed E-state index contributed by atoms with van der Waals surface area (Å²) < 4.78 is 0. The molecule has 3 heteroatoms. The zero-order valence-electron chi connectivity index (χ0n) is 8.17. The largest absolute Gasteiger partial charge is 0.349 e. The normalized spacial score (nSPS) is 16.8. The number of carbonyl (C=O) groups excluding carboxylic acids is 2. The number of Topliss-reactive ketones (excluding diaryl/α,β-unsaturated/α-hetero) is 1. The van der Waals surface area contributed by atoms with Gasteiger partial charge in [-0.3, -0.25) is 9.59 Å². The van der Waals surface area contributed by atoms with Crippen LogP contribution in [0.4, 0.5) is 0 Å². The molecule has 0 aliphatic heterocycles. The quantitative estimate of drug-likeness (QED) is 0.640. The summed E-state index contributed by atoms with van der Waals surface area (Å²) in [4.78, 5) is 24.1. The minimum Gasteiger partial charge on any atom is -0.349 e. The summed E-state index contributed by atoms with van der Waals surface area (Å²) in [6, 6.07) is 0. The second-order valence-corrected chi connectivity index (χ2v) is 3.51. The summed E-state index contributed by atoms with van der Waals surface area (Å²) in [5.41, 5.74) is 0.699. The number of hydrogen-bond acceptors (Lipinski definition) is 2. The van der Waals surface area contributed by atoms with Crippen molar-refractivity contribution in [3.63, 3.8) is 0 Å². The topological polar surface area (TPSA) is 37.4 Å². The molecule has 0 atom stereocenters. The van der Waals surface area contributed by atoms with Gasteiger partial charge >= 0.3 is 0 Å². The number of carbonyl (C=O) groups is 2. The van der Waals surface area contributed by atoms with E-state index in [1.165, 1.54) is 4.90 Å². The highest BCUT2D eigenvalue weighted by atomic mass is 16.2. The number of amides is 1. The summed E-state index contributed by atoms with van der Waals surface area (Å²) in [7, 11) is 3.41. The second-order valence-electron chi connectivity index (χ2n) is 3.51. The Balaban J connectivity index is 2.57. The van der Waals surface area contributed by atoms with Crippen LogP contribution in [0.15, 0.2) is 11.6 Å². The predicted octanol–water partition coefficient (Wildman–Crippen LogP) is 1.14. The van der Waals surface area contributed by atoms with E-state index in [9.17, 15) is 9.59 Å². The van der Waals surface area contributed by atoms with Crippen LogP contribution in [0.3, 0.4) is 0 Å². The van der Waals surface area contributed by atoms with Crippen molar-refractivity contribution < 1.29 is 9.59 Å². The molecule has 1 aliphatic rings. The molecule has 0 unspecified atom stereocenters. The van der Waals surface area contributed by atoms with E-state index in [2.05, 4.69) is 0 Å². The maximum Gasteiger partial charge on any atom is 0.226 e. The van der Waals surface area contributed by atoms with Crippen LogP contribution in [0.1, 0.15) is 25.7 Å². The third kappa shape index (κ3) is 2.68. The van der Waals surface area contributed by atoms with Crippen LogP contribution >= 0.6 is 0 Å². The van der Waals surface area contributed by atoms with E-state index >= 15 is 0 Å². The van der Waals surface area contributed by atoms with Crippen molar-refractivity contribution in [1.29, 1.82) is 0 Å². The Morgan fingerprint density at radius 3 is 2.77 bits per heavy atom. The van der Waals surface area contributed by atoms with E-state index in [4.69, 9.17) is 0 Å². The summed E-state index contributed by atoms with van der Waals surface area (Å²) in [5.74, 6) is 0.142. The van der Waals surface area contributed by atoms with Gasteiger partial charge in [0.05, 0.1) is 6.42 Å². The predicted molar refractivity (Wildman–Crippen MR) is 50.3 cm³/mol. The lowest BCUT2D eigenvalue weighted by Crippen LogP contribution is -2.24. The van der Waals surface area contributed by atoms with Gasteiger partial charge in [-0.1, -0.05) is 6.08 Å². The van der Waals surface area contributed by atoms with Gasteiger partial charge in [-0.15, -0.1) is 0 Å². The van der Waals surface area contributed by atoms with Crippen LogP contribution in [0.25, 0.3) is 0 Å². The molecule has 0 N–H and O–H groups in total. The Labute approximate surface area is 78.4 Å². The van der Waals surface area contributed by atoms with Gasteiger partial charge in [0.25, 0.3) is 0 Å². The third-order valence-electron chi connectivity index (χ3n) is 2.20. The lowest BCUT2D eigenvalue weighted by atomic mass is 9.95. The fraction of sp³-hybridized carbons (Fsp3) is 0.600. The van der Waals surface area contributed by atoms with Crippen LogP contribution in [0, 0.1) is 0 Å². The van der Waals surface area contributed by atoms with Gasteiger partial charge in [0.15, 0.2) is 5.78 Å². The van der Waals surface area contributed by atoms with E-state index in [0.717, 1.165) is 12.8 Å². The van der Waals surface area contributed by atoms with E-state index < -0.39 is 0 Å². The first-order valence-corrected chi connectivity index (χ1v) is 4.53. The first-order valence-electron chi connectivity index (χ1n) is 4.53. The van der Waals surface area contributed by atoms with Gasteiger partial charge in [0.1, 0.15) is 0 Å². The van der Waals surface area contributed by atoms with Crippen LogP contribution in [-0.4, -0.2) is 30.7 Å². The van der Waals surface area contributed by atoms with Crippen molar-refractivity contribution in [3.8, 4) is 0 Å². The van der Waals surface area contributed by atoms with Crippen molar-refractivity contribution in [3.05, 3.63) is 11.6 Å². The van der Waals surface area contributed by atoms with Crippen LogP contribution < -0.4 is 0 Å². The molecule has 0 aromatic heterocycles. The molecule has 1 aliphatic carbocycles. The molecule has 0 bridgehead atoms. The summed E-state index contributed by atoms with van der Waals surface area (Å²) in [6.45, 7) is 0. The van der Waals surface area contributed by atoms with Crippen LogP contribution in [-0.2, 0) is 9.59 Å². The number of hydrogen-bond donors (Lipinski definition) is 0. The van der Waals surface area contributed by atoms with E-state index in [-0.39, 0.29) is 18.1 Å². The molecule has 3 nitrogen and oxygen atoms in total. The average Bonchev–Trinajstić information content (AvgIpc) is 2.08. The molecule has 0 aromatic rings. The Morgan fingerprint density at radius 1 is 1.54 bits per heavy atom. The van der Waals surface area contributed by atoms with Crippen molar-refractivity contribution in [2.24, 2.45) is 0 Å². The Kier molecular flexibility index (Phi) is 3.23. The van der Waals surface area contributed by atoms with E-state index in [1.807, 2.05) is 6.08 Å². The highest BCUT2D eigenvalue weighted by Crippen LogP contribution is 2.17. The molecule has 1 rings (SSSR count). The summed E-state index contributed by atoms with van der Waals surface area (Å²) in [5, 5.41) is 0. The minimum atomic E-state index is 0.00139. The third-order valence-corrected chi connectivity index (χ3v) is 2.20. The maximum atomic E-state index is 11.3. The standard InChI is InChI=1S/C10H15NO2/c1-11(2)10(13)7-8-5-3-4-6-9(8)12/h5H,3-4,6-7H2,1-2H3. The number of nitrogens with zero attached hydrogens (tertiary/aromatic N) is 1. The van der Waals surface area contributed by atoms with Crippen molar-refractivity contribution in [2.75, 3.05) is 14.1 Å². The van der Waals surface area contributed by atoms with Crippen molar-refractivity contribution >= 4 is 11.7 Å². The lowest BCUT2D eigenvalue weighted by Gasteiger charge is -2.14. The van der Waals surface area contributed by atoms with Crippen molar-refractivity contribution in [1.82, 2.24) is 4.90 Å². The fourth-order valence-corrected chi connectivity index (χ4v) is 1.31. The first kappa shape index (κ1) is 9.96. The Hall–Kier alpha value is -1.12. The molecule has 1 amide bonds. The van der Waals surface area contributed by atoms with Gasteiger partial charge in [-0.2, -0.15) is 0 Å². The zero-order chi connectivity index (χ0) is 9.84. The smallest absolute Gasteiger partial charge is 0.226 e. The van der Waals surface area contributed by atoms with Gasteiger partial charge in [0.2, 0.25) is 5.91 Å². The highest BCUT2D eigenvalue weighted by molar-refractivity contribution is 6.00. The van der Waals surface area contributed by atoms with Crippen molar-refractivity contribution in [2.45, 2.75) is 25.7 Å². The monoisotopic (exact) mass is 181 g/mol. The fourth-order valence-electron chi connectivity index (χ4n) is 1.31. The van der Waals surface area contributed by atoms with E-state index in [1.54, 1.807) is 14.1 Å². The van der Waals surface area contributed by atoms with Crippen LogP contribution in [0.5, 0.6) is 0 Å². The maximum absolute atomic E-state index is 11.3. The number of allylic oxidation sites excluding steroid dienone is 1. The lowest BCUT2D eigenvalue weighted by molar-refractivity contribution is -0.129. The SMILES string of the molecule is CN(C)C(=O)CC1=CCCCC1=O. The zero-order valence-corrected chi connectivity index (χ0v) is 8.17. The molecular formula is C10H15NO2. The number of rotatable bonds is 2.